The predicted molar refractivity (Wildman–Crippen MR) is 53.9 cm³/mol. The summed E-state index contributed by atoms with van der Waals surface area (Å²) < 4.78 is 23.8. The molecule has 14 heavy (non-hydrogen) atoms. The second-order valence-electron chi connectivity index (χ2n) is 3.90. The molecule has 0 bridgehead atoms. The number of hydrogen-bond donors (Lipinski definition) is 0. The second-order valence-corrected chi connectivity index (χ2v) is 9.02. The van der Waals surface area contributed by atoms with E-state index >= 15 is 0 Å². The minimum atomic E-state index is -0.861. The van der Waals surface area contributed by atoms with E-state index in [1.165, 1.54) is 6.07 Å². The molecule has 0 N–H and O–H groups in total. The van der Waals surface area contributed by atoms with Crippen molar-refractivity contribution in [1.82, 2.24) is 0 Å². The van der Waals surface area contributed by atoms with Gasteiger partial charge < -0.3 is 6.55 Å². The molecule has 0 aliphatic heterocycles. The summed E-state index contributed by atoms with van der Waals surface area (Å²) in [6.07, 6.45) is 0. The fourth-order valence-electron chi connectivity index (χ4n) is 0.391. The third kappa shape index (κ3) is 11.9. The maximum Gasteiger partial charge on any atom is 2.00 e. The number of hydrogen-bond acceptors (Lipinski definition) is 0. The molecule has 0 saturated carbocycles. The average Bonchev–Trinajstić information content (AvgIpc) is 1.92. The molecular weight excluding hydrogens is 252 g/mol. The molecule has 0 aliphatic rings. The van der Waals surface area contributed by atoms with E-state index in [-0.39, 0.29) is 19.5 Å². The molecule has 1 aromatic carbocycles. The average molecular weight is 266 g/mol. The normalized spacial score (nSPS) is 9.57. The van der Waals surface area contributed by atoms with Crippen LogP contribution in [0.15, 0.2) is 18.2 Å². The van der Waals surface area contributed by atoms with Gasteiger partial charge in [-0.15, -0.1) is 20.2 Å². The van der Waals surface area contributed by atoms with Crippen LogP contribution in [-0.2, 0) is 19.5 Å². The minimum absolute atomic E-state index is 0. The standard InChI is InChI=1S/C6H3F2.C4H11Si.Zn/c7-5-3-1-2-4-6(5)8;1-5(2,3)4;/h1,3-4H;1H2,2-4H3;/q2*-1;+2. The van der Waals surface area contributed by atoms with E-state index in [1.54, 1.807) is 0 Å². The van der Waals surface area contributed by atoms with E-state index in [2.05, 4.69) is 32.3 Å². The van der Waals surface area contributed by atoms with E-state index in [9.17, 15) is 8.78 Å². The van der Waals surface area contributed by atoms with Crippen LogP contribution in [0.4, 0.5) is 8.78 Å². The van der Waals surface area contributed by atoms with Crippen molar-refractivity contribution in [2.75, 3.05) is 0 Å². The van der Waals surface area contributed by atoms with Gasteiger partial charge in [-0.3, -0.25) is 4.39 Å². The molecule has 1 aromatic rings. The number of halogens is 2. The van der Waals surface area contributed by atoms with Gasteiger partial charge in [0.2, 0.25) is 0 Å². The van der Waals surface area contributed by atoms with E-state index in [0.717, 1.165) is 12.1 Å². The van der Waals surface area contributed by atoms with Crippen molar-refractivity contribution < 1.29 is 28.3 Å². The quantitative estimate of drug-likeness (QED) is 0.498. The number of benzene rings is 1. The Balaban J connectivity index is 0. The molecule has 0 fully saturated rings. The van der Waals surface area contributed by atoms with Gasteiger partial charge in [-0.05, 0) is 0 Å². The zero-order chi connectivity index (χ0) is 10.5. The molecule has 0 heterocycles. The van der Waals surface area contributed by atoms with Gasteiger partial charge in [0, 0.05) is 11.6 Å². The topological polar surface area (TPSA) is 0 Å². The third-order valence-electron chi connectivity index (χ3n) is 0.764. The van der Waals surface area contributed by atoms with Crippen molar-refractivity contribution in [3.63, 3.8) is 0 Å². The molecule has 0 unspecified atom stereocenters. The molecule has 0 spiro atoms. The van der Waals surface area contributed by atoms with Gasteiger partial charge in [-0.2, -0.15) is 12.1 Å². The van der Waals surface area contributed by atoms with Crippen LogP contribution in [0.1, 0.15) is 0 Å². The maximum atomic E-state index is 11.9. The van der Waals surface area contributed by atoms with Crippen LogP contribution in [0.2, 0.25) is 19.6 Å². The van der Waals surface area contributed by atoms with Crippen LogP contribution < -0.4 is 0 Å². The zero-order valence-corrected chi connectivity index (χ0v) is 12.9. The molecule has 74 valence electrons. The summed E-state index contributed by atoms with van der Waals surface area (Å²) in [5, 5.41) is 0. The summed E-state index contributed by atoms with van der Waals surface area (Å²) in [4.78, 5) is 0. The van der Waals surface area contributed by atoms with Crippen molar-refractivity contribution in [2.24, 2.45) is 0 Å². The number of rotatable bonds is 0. The van der Waals surface area contributed by atoms with Gasteiger partial charge in [0.1, 0.15) is 0 Å². The Bertz CT molecular complexity index is 232. The van der Waals surface area contributed by atoms with Crippen molar-refractivity contribution in [3.05, 3.63) is 42.4 Å². The van der Waals surface area contributed by atoms with Crippen molar-refractivity contribution in [2.45, 2.75) is 19.6 Å². The summed E-state index contributed by atoms with van der Waals surface area (Å²) in [6.45, 7) is 10.6. The molecule has 0 saturated heterocycles. The molecule has 0 aromatic heterocycles. The summed E-state index contributed by atoms with van der Waals surface area (Å²) >= 11 is 0. The van der Waals surface area contributed by atoms with Gasteiger partial charge in [-0.25, -0.2) is 4.39 Å². The van der Waals surface area contributed by atoms with Gasteiger partial charge in [-0.1, -0.05) is 19.6 Å². The summed E-state index contributed by atoms with van der Waals surface area (Å²) in [7, 11) is -0.861. The van der Waals surface area contributed by atoms with Gasteiger partial charge in [0.25, 0.3) is 0 Å². The van der Waals surface area contributed by atoms with Crippen LogP contribution in [0.3, 0.4) is 0 Å². The van der Waals surface area contributed by atoms with E-state index in [1.807, 2.05) is 0 Å². The van der Waals surface area contributed by atoms with Crippen LogP contribution >= 0.6 is 0 Å². The first-order chi connectivity index (χ1) is 5.80. The van der Waals surface area contributed by atoms with E-state index in [4.69, 9.17) is 0 Å². The Morgan fingerprint density at radius 2 is 1.64 bits per heavy atom. The molecule has 0 radical (unpaired) electrons. The second kappa shape index (κ2) is 7.24. The fraction of sp³-hybridized carbons (Fsp3) is 0.300. The van der Waals surface area contributed by atoms with Crippen molar-refractivity contribution in [1.29, 1.82) is 0 Å². The van der Waals surface area contributed by atoms with E-state index in [0.29, 0.717) is 0 Å². The first-order valence-corrected chi connectivity index (χ1v) is 7.68. The largest absolute Gasteiger partial charge is 2.00 e. The molecule has 1 rings (SSSR count). The summed E-state index contributed by atoms with van der Waals surface area (Å²) in [5.74, 6) is -1.68. The molecule has 0 aliphatic carbocycles. The van der Waals surface area contributed by atoms with Gasteiger partial charge in [0.15, 0.2) is 0 Å². The minimum Gasteiger partial charge on any atom is -0.342 e. The summed E-state index contributed by atoms with van der Waals surface area (Å²) in [5.41, 5.74) is 0. The first kappa shape index (κ1) is 16.4. The molecule has 0 nitrogen and oxygen atoms in total. The van der Waals surface area contributed by atoms with Crippen molar-refractivity contribution >= 4 is 8.07 Å². The van der Waals surface area contributed by atoms with Crippen LogP contribution in [-0.4, -0.2) is 8.07 Å². The maximum absolute atomic E-state index is 11.9. The zero-order valence-electron chi connectivity index (χ0n) is 8.90. The Kier molecular flexibility index (Phi) is 8.46. The van der Waals surface area contributed by atoms with Crippen LogP contribution in [0, 0.1) is 24.2 Å². The molecule has 4 heteroatoms. The van der Waals surface area contributed by atoms with Gasteiger partial charge >= 0.3 is 19.5 Å². The Hall–Kier alpha value is -0.0797. The van der Waals surface area contributed by atoms with Crippen LogP contribution in [0.25, 0.3) is 0 Å². The molecule has 0 atom stereocenters. The Morgan fingerprint density at radius 3 is 1.86 bits per heavy atom. The predicted octanol–water partition coefficient (Wildman–Crippen LogP) is 3.46. The Morgan fingerprint density at radius 1 is 1.21 bits per heavy atom. The monoisotopic (exact) mass is 264 g/mol. The fourth-order valence-corrected chi connectivity index (χ4v) is 0.391. The molecular formula is C10H14F2SiZn. The van der Waals surface area contributed by atoms with E-state index < -0.39 is 19.7 Å². The first-order valence-electron chi connectivity index (χ1n) is 3.97. The van der Waals surface area contributed by atoms with Crippen molar-refractivity contribution in [3.8, 4) is 0 Å². The molecule has 0 amide bonds. The smallest absolute Gasteiger partial charge is 0.342 e. The van der Waals surface area contributed by atoms with Crippen LogP contribution in [0.5, 0.6) is 0 Å². The summed E-state index contributed by atoms with van der Waals surface area (Å²) in [6, 6.07) is 5.68. The van der Waals surface area contributed by atoms with Gasteiger partial charge in [0.05, 0.1) is 0 Å². The Labute approximate surface area is 98.5 Å². The third-order valence-corrected chi connectivity index (χ3v) is 0.764. The SMILES string of the molecule is Fc1c[c-]ccc1F.[CH2-][Si](C)(C)C.[Zn+2].